The summed E-state index contributed by atoms with van der Waals surface area (Å²) in [5.41, 5.74) is 0.981. The van der Waals surface area contributed by atoms with Gasteiger partial charge in [-0.05, 0) is 0 Å². The second-order valence-corrected chi connectivity index (χ2v) is 1.98. The largest absolute Gasteiger partial charge is 0.296 e. The predicted molar refractivity (Wildman–Crippen MR) is 36.2 cm³/mol. The van der Waals surface area contributed by atoms with Gasteiger partial charge in [0.15, 0.2) is 11.9 Å². The molecule has 0 spiro atoms. The van der Waals surface area contributed by atoms with Crippen LogP contribution in [0, 0.1) is 0 Å². The third kappa shape index (κ3) is 0.778. The molecule has 5 nitrogen and oxygen atoms in total. The number of aldehydes is 1. The Hall–Kier alpha value is -1.78. The summed E-state index contributed by atoms with van der Waals surface area (Å²) < 4.78 is 1.43. The van der Waals surface area contributed by atoms with Gasteiger partial charge in [-0.15, -0.1) is 0 Å². The van der Waals surface area contributed by atoms with Crippen LogP contribution in [-0.4, -0.2) is 25.9 Å². The Morgan fingerprint density at radius 3 is 3.18 bits per heavy atom. The molecule has 0 saturated heterocycles. The fourth-order valence-electron chi connectivity index (χ4n) is 0.853. The Bertz CT molecular complexity index is 394. The van der Waals surface area contributed by atoms with Gasteiger partial charge in [0.05, 0.1) is 12.4 Å². The van der Waals surface area contributed by atoms with Crippen molar-refractivity contribution < 1.29 is 4.79 Å². The van der Waals surface area contributed by atoms with Crippen molar-refractivity contribution in [2.75, 3.05) is 0 Å². The first-order valence-corrected chi connectivity index (χ1v) is 3.01. The second kappa shape index (κ2) is 2.12. The first-order chi connectivity index (χ1) is 5.42. The van der Waals surface area contributed by atoms with E-state index in [0.29, 0.717) is 17.6 Å². The number of carbonyl (C=O) groups excluding carboxylic acids is 1. The molecule has 2 heterocycles. The number of rotatable bonds is 1. The maximum atomic E-state index is 10.4. The van der Waals surface area contributed by atoms with E-state index in [1.165, 1.54) is 17.0 Å². The van der Waals surface area contributed by atoms with Crippen LogP contribution in [0.25, 0.3) is 5.65 Å². The number of aromatic nitrogens is 4. The van der Waals surface area contributed by atoms with Crippen molar-refractivity contribution in [2.24, 2.45) is 0 Å². The van der Waals surface area contributed by atoms with Gasteiger partial charge in [0.2, 0.25) is 0 Å². The molecule has 0 aliphatic heterocycles. The summed E-state index contributed by atoms with van der Waals surface area (Å²) in [4.78, 5) is 18.0. The van der Waals surface area contributed by atoms with Crippen molar-refractivity contribution in [3.05, 3.63) is 24.4 Å². The Morgan fingerprint density at radius 2 is 2.36 bits per heavy atom. The number of hydrogen-bond donors (Lipinski definition) is 0. The van der Waals surface area contributed by atoms with Gasteiger partial charge in [0.1, 0.15) is 12.0 Å². The van der Waals surface area contributed by atoms with E-state index in [1.54, 1.807) is 6.20 Å². The van der Waals surface area contributed by atoms with Gasteiger partial charge in [-0.2, -0.15) is 5.10 Å². The lowest BCUT2D eigenvalue weighted by atomic mass is 10.5. The van der Waals surface area contributed by atoms with E-state index in [1.807, 2.05) is 0 Å². The first kappa shape index (κ1) is 5.96. The molecule has 2 aromatic heterocycles. The molecule has 2 rings (SSSR count). The van der Waals surface area contributed by atoms with Gasteiger partial charge >= 0.3 is 0 Å². The molecule has 2 aromatic rings. The number of nitrogens with zero attached hydrogens (tertiary/aromatic N) is 4. The van der Waals surface area contributed by atoms with Gasteiger partial charge in [-0.1, -0.05) is 0 Å². The molecule has 11 heavy (non-hydrogen) atoms. The van der Waals surface area contributed by atoms with Crippen LogP contribution in [0.4, 0.5) is 0 Å². The molecule has 0 aromatic carbocycles. The average Bonchev–Trinajstić information content (AvgIpc) is 2.50. The summed E-state index contributed by atoms with van der Waals surface area (Å²) in [5.74, 6) is 0. The Labute approximate surface area is 61.7 Å². The molecule has 0 atom stereocenters. The zero-order valence-electron chi connectivity index (χ0n) is 5.51. The lowest BCUT2D eigenvalue weighted by molar-refractivity contribution is 0.111. The maximum absolute atomic E-state index is 10.4. The molecule has 0 aliphatic carbocycles. The third-order valence-corrected chi connectivity index (χ3v) is 1.34. The van der Waals surface area contributed by atoms with Gasteiger partial charge in [0, 0.05) is 0 Å². The van der Waals surface area contributed by atoms with Crippen LogP contribution in [0.3, 0.4) is 0 Å². The fraction of sp³-hybridized carbons (Fsp3) is 0. The summed E-state index contributed by atoms with van der Waals surface area (Å²) in [7, 11) is 0. The van der Waals surface area contributed by atoms with Crippen molar-refractivity contribution in [1.29, 1.82) is 0 Å². The van der Waals surface area contributed by atoms with E-state index in [9.17, 15) is 4.79 Å². The number of fused-ring (bicyclic) bond motifs is 1. The first-order valence-electron chi connectivity index (χ1n) is 3.01. The monoisotopic (exact) mass is 148 g/mol. The van der Waals surface area contributed by atoms with Crippen LogP contribution in [-0.2, 0) is 0 Å². The smallest absolute Gasteiger partial charge is 0.174 e. The van der Waals surface area contributed by atoms with E-state index in [-0.39, 0.29) is 0 Å². The zero-order valence-corrected chi connectivity index (χ0v) is 5.51. The third-order valence-electron chi connectivity index (χ3n) is 1.34. The Morgan fingerprint density at radius 1 is 1.45 bits per heavy atom. The summed E-state index contributed by atoms with van der Waals surface area (Å²) in [5, 5.41) is 3.82. The molecule has 0 fully saturated rings. The number of carbonyl (C=O) groups is 1. The van der Waals surface area contributed by atoms with E-state index in [4.69, 9.17) is 0 Å². The second-order valence-electron chi connectivity index (χ2n) is 1.98. The molecule has 0 aliphatic rings. The van der Waals surface area contributed by atoms with Crippen molar-refractivity contribution in [2.45, 2.75) is 0 Å². The van der Waals surface area contributed by atoms with E-state index in [2.05, 4.69) is 15.1 Å². The molecule has 0 saturated carbocycles. The molecule has 0 bridgehead atoms. The topological polar surface area (TPSA) is 60.2 Å². The van der Waals surface area contributed by atoms with Crippen LogP contribution in [0.15, 0.2) is 18.7 Å². The summed E-state index contributed by atoms with van der Waals surface area (Å²) in [6.45, 7) is 0. The highest BCUT2D eigenvalue weighted by molar-refractivity contribution is 5.72. The molecular weight excluding hydrogens is 144 g/mol. The van der Waals surface area contributed by atoms with Gasteiger partial charge in [-0.3, -0.25) is 9.78 Å². The van der Waals surface area contributed by atoms with Crippen molar-refractivity contribution in [3.8, 4) is 0 Å². The molecule has 0 unspecified atom stereocenters. The molecule has 0 radical (unpaired) electrons. The highest BCUT2D eigenvalue weighted by atomic mass is 16.1. The minimum Gasteiger partial charge on any atom is -0.296 e. The van der Waals surface area contributed by atoms with Gasteiger partial charge < -0.3 is 0 Å². The van der Waals surface area contributed by atoms with Crippen LogP contribution < -0.4 is 0 Å². The molecular formula is C6H4N4O. The van der Waals surface area contributed by atoms with Crippen molar-refractivity contribution in [1.82, 2.24) is 19.6 Å². The van der Waals surface area contributed by atoms with Crippen LogP contribution >= 0.6 is 0 Å². The molecule has 0 amide bonds. The summed E-state index contributed by atoms with van der Waals surface area (Å²) >= 11 is 0. The van der Waals surface area contributed by atoms with E-state index < -0.39 is 0 Å². The van der Waals surface area contributed by atoms with Crippen molar-refractivity contribution in [3.63, 3.8) is 0 Å². The van der Waals surface area contributed by atoms with Crippen molar-refractivity contribution >= 4 is 11.9 Å². The maximum Gasteiger partial charge on any atom is 0.174 e. The van der Waals surface area contributed by atoms with Crippen LogP contribution in [0.5, 0.6) is 0 Å². The lowest BCUT2D eigenvalue weighted by Gasteiger charge is -1.91. The Kier molecular flexibility index (Phi) is 1.15. The van der Waals surface area contributed by atoms with E-state index >= 15 is 0 Å². The standard InChI is InChI=1S/C6H4N4O/c11-3-5-1-7-2-6-8-4-9-10(5)6/h1-4H. The van der Waals surface area contributed by atoms with Gasteiger partial charge in [-0.25, -0.2) is 9.50 Å². The highest BCUT2D eigenvalue weighted by Crippen LogP contribution is 1.96. The molecule has 5 heteroatoms. The lowest BCUT2D eigenvalue weighted by Crippen LogP contribution is -1.97. The summed E-state index contributed by atoms with van der Waals surface area (Å²) in [6, 6.07) is 0. The predicted octanol–water partition coefficient (Wildman–Crippen LogP) is -0.0632. The van der Waals surface area contributed by atoms with Gasteiger partial charge in [0.25, 0.3) is 0 Å². The SMILES string of the molecule is O=Cc1cncc2ncnn12. The zero-order chi connectivity index (χ0) is 7.68. The molecule has 0 N–H and O–H groups in total. The van der Waals surface area contributed by atoms with Crippen LogP contribution in [0.2, 0.25) is 0 Å². The molecule has 54 valence electrons. The van der Waals surface area contributed by atoms with Crippen LogP contribution in [0.1, 0.15) is 10.5 Å². The number of hydrogen-bond acceptors (Lipinski definition) is 4. The minimum absolute atomic E-state index is 0.403. The van der Waals surface area contributed by atoms with E-state index in [0.717, 1.165) is 0 Å². The summed E-state index contributed by atoms with van der Waals surface area (Å²) in [6.07, 6.45) is 5.05. The minimum atomic E-state index is 0.403. The quantitative estimate of drug-likeness (QED) is 0.531. The average molecular weight is 148 g/mol. The fourth-order valence-corrected chi connectivity index (χ4v) is 0.853. The highest BCUT2D eigenvalue weighted by Gasteiger charge is 1.99. The normalized spacial score (nSPS) is 10.2. The Balaban J connectivity index is 2.88.